The fraction of sp³-hybridized carbons (Fsp3) is 0.467. The zero-order chi connectivity index (χ0) is 14.5. The number of carbonyl (C=O) groups excluding carboxylic acids is 2. The lowest BCUT2D eigenvalue weighted by Gasteiger charge is -2.28. The number of hydrogen-bond acceptors (Lipinski definition) is 2. The molecule has 2 amide bonds. The highest BCUT2D eigenvalue weighted by molar-refractivity contribution is 5.97. The van der Waals surface area contributed by atoms with Crippen molar-refractivity contribution in [2.24, 2.45) is 11.7 Å². The highest BCUT2D eigenvalue weighted by Gasteiger charge is 2.29. The van der Waals surface area contributed by atoms with Crippen LogP contribution in [0, 0.1) is 11.7 Å². The van der Waals surface area contributed by atoms with Crippen molar-refractivity contribution < 1.29 is 14.0 Å². The number of nitrogens with two attached hydrogens (primary N) is 1. The first-order valence-corrected chi connectivity index (χ1v) is 6.93. The van der Waals surface area contributed by atoms with Crippen molar-refractivity contribution in [3.8, 4) is 0 Å². The van der Waals surface area contributed by atoms with E-state index in [-0.39, 0.29) is 11.8 Å². The Labute approximate surface area is 117 Å². The molecule has 2 rings (SSSR count). The van der Waals surface area contributed by atoms with Crippen LogP contribution in [0.1, 0.15) is 42.5 Å². The Bertz CT molecular complexity index is 481. The van der Waals surface area contributed by atoms with E-state index in [1.54, 1.807) is 0 Å². The monoisotopic (exact) mass is 278 g/mol. The molecule has 1 saturated carbocycles. The Kier molecular flexibility index (Phi) is 4.71. The van der Waals surface area contributed by atoms with E-state index in [1.807, 2.05) is 0 Å². The molecule has 0 radical (unpaired) electrons. The summed E-state index contributed by atoms with van der Waals surface area (Å²) in [6, 6.07) is 4.57. The second-order valence-corrected chi connectivity index (χ2v) is 5.26. The summed E-state index contributed by atoms with van der Waals surface area (Å²) in [4.78, 5) is 23.6. The van der Waals surface area contributed by atoms with Crippen LogP contribution in [0.2, 0.25) is 0 Å². The highest BCUT2D eigenvalue weighted by atomic mass is 19.1. The molecule has 5 heteroatoms. The molecule has 1 aromatic carbocycles. The summed E-state index contributed by atoms with van der Waals surface area (Å²) in [6.45, 7) is 0. The Morgan fingerprint density at radius 1 is 1.15 bits per heavy atom. The fourth-order valence-electron chi connectivity index (χ4n) is 2.71. The molecule has 4 nitrogen and oxygen atoms in total. The van der Waals surface area contributed by atoms with Crippen LogP contribution in [0.4, 0.5) is 4.39 Å². The SMILES string of the molecule is NC(=O)[C@@H](NC(=O)c1ccc(F)cc1)C1CCCCC1. The van der Waals surface area contributed by atoms with Crippen LogP contribution in [0.5, 0.6) is 0 Å². The minimum absolute atomic E-state index is 0.102. The standard InChI is InChI=1S/C15H19FN2O2/c16-12-8-6-11(7-9-12)15(20)18-13(14(17)19)10-4-2-1-3-5-10/h6-10,13H,1-5H2,(H2,17,19)(H,18,20)/t13-/m0/s1. The number of rotatable bonds is 4. The third-order valence-electron chi connectivity index (χ3n) is 3.82. The lowest BCUT2D eigenvalue weighted by molar-refractivity contribution is -0.121. The maximum atomic E-state index is 12.8. The number of benzene rings is 1. The summed E-state index contributed by atoms with van der Waals surface area (Å²) in [5.41, 5.74) is 5.73. The number of nitrogens with one attached hydrogen (secondary N) is 1. The average molecular weight is 278 g/mol. The Balaban J connectivity index is 2.05. The van der Waals surface area contributed by atoms with Gasteiger partial charge in [0.1, 0.15) is 11.9 Å². The summed E-state index contributed by atoms with van der Waals surface area (Å²) in [6.07, 6.45) is 5.07. The molecule has 1 fully saturated rings. The minimum Gasteiger partial charge on any atom is -0.368 e. The maximum absolute atomic E-state index is 12.8. The van der Waals surface area contributed by atoms with E-state index in [0.29, 0.717) is 5.56 Å². The van der Waals surface area contributed by atoms with Gasteiger partial charge in [-0.1, -0.05) is 19.3 Å². The van der Waals surface area contributed by atoms with E-state index in [9.17, 15) is 14.0 Å². The molecular weight excluding hydrogens is 259 g/mol. The topological polar surface area (TPSA) is 72.2 Å². The molecule has 1 aliphatic carbocycles. The van der Waals surface area contributed by atoms with Crippen LogP contribution in [0.15, 0.2) is 24.3 Å². The van der Waals surface area contributed by atoms with Crippen LogP contribution in [0.3, 0.4) is 0 Å². The highest BCUT2D eigenvalue weighted by Crippen LogP contribution is 2.26. The molecular formula is C15H19FN2O2. The second kappa shape index (κ2) is 6.50. The van der Waals surface area contributed by atoms with Gasteiger partial charge in [0.2, 0.25) is 5.91 Å². The van der Waals surface area contributed by atoms with Crippen molar-refractivity contribution >= 4 is 11.8 Å². The quantitative estimate of drug-likeness (QED) is 0.884. The number of amides is 2. The summed E-state index contributed by atoms with van der Waals surface area (Å²) in [5, 5.41) is 2.69. The number of carbonyl (C=O) groups is 2. The van der Waals surface area contributed by atoms with Crippen molar-refractivity contribution in [2.45, 2.75) is 38.1 Å². The van der Waals surface area contributed by atoms with E-state index in [2.05, 4.69) is 5.32 Å². The molecule has 1 aromatic rings. The van der Waals surface area contributed by atoms with Crippen LogP contribution in [-0.2, 0) is 4.79 Å². The van der Waals surface area contributed by atoms with Gasteiger partial charge < -0.3 is 11.1 Å². The third kappa shape index (κ3) is 3.56. The Hall–Kier alpha value is -1.91. The Morgan fingerprint density at radius 3 is 2.30 bits per heavy atom. The molecule has 0 unspecified atom stereocenters. The molecule has 3 N–H and O–H groups in total. The van der Waals surface area contributed by atoms with E-state index in [0.717, 1.165) is 32.1 Å². The molecule has 0 aromatic heterocycles. The average Bonchev–Trinajstić information content (AvgIpc) is 2.46. The molecule has 0 bridgehead atoms. The minimum atomic E-state index is -0.646. The van der Waals surface area contributed by atoms with Gasteiger partial charge in [0.05, 0.1) is 0 Å². The van der Waals surface area contributed by atoms with Crippen LogP contribution in [-0.4, -0.2) is 17.9 Å². The van der Waals surface area contributed by atoms with Gasteiger partial charge in [-0.15, -0.1) is 0 Å². The molecule has 0 heterocycles. The van der Waals surface area contributed by atoms with Gasteiger partial charge in [0.15, 0.2) is 0 Å². The van der Waals surface area contributed by atoms with Crippen LogP contribution in [0.25, 0.3) is 0 Å². The smallest absolute Gasteiger partial charge is 0.251 e. The molecule has 1 atom stereocenters. The molecule has 20 heavy (non-hydrogen) atoms. The predicted molar refractivity (Wildman–Crippen MR) is 73.4 cm³/mol. The second-order valence-electron chi connectivity index (χ2n) is 5.26. The zero-order valence-corrected chi connectivity index (χ0v) is 11.3. The number of hydrogen-bond donors (Lipinski definition) is 2. The molecule has 108 valence electrons. The van der Waals surface area contributed by atoms with Gasteiger partial charge in [-0.3, -0.25) is 9.59 Å². The maximum Gasteiger partial charge on any atom is 0.251 e. The van der Waals surface area contributed by atoms with E-state index < -0.39 is 17.8 Å². The zero-order valence-electron chi connectivity index (χ0n) is 11.3. The molecule has 0 aliphatic heterocycles. The molecule has 0 saturated heterocycles. The van der Waals surface area contributed by atoms with Crippen molar-refractivity contribution in [3.63, 3.8) is 0 Å². The van der Waals surface area contributed by atoms with Crippen molar-refractivity contribution in [2.75, 3.05) is 0 Å². The van der Waals surface area contributed by atoms with Gasteiger partial charge in [-0.05, 0) is 43.0 Å². The molecule has 1 aliphatic rings. The molecule has 0 spiro atoms. The first-order chi connectivity index (χ1) is 9.58. The summed E-state index contributed by atoms with van der Waals surface area (Å²) >= 11 is 0. The fourth-order valence-corrected chi connectivity index (χ4v) is 2.71. The van der Waals surface area contributed by atoms with Crippen molar-refractivity contribution in [1.29, 1.82) is 0 Å². The van der Waals surface area contributed by atoms with Crippen LogP contribution < -0.4 is 11.1 Å². The van der Waals surface area contributed by atoms with E-state index in [1.165, 1.54) is 24.3 Å². The first-order valence-electron chi connectivity index (χ1n) is 6.93. The summed E-state index contributed by atoms with van der Waals surface area (Å²) < 4.78 is 12.8. The Morgan fingerprint density at radius 2 is 1.75 bits per heavy atom. The van der Waals surface area contributed by atoms with E-state index in [4.69, 9.17) is 5.73 Å². The van der Waals surface area contributed by atoms with Crippen LogP contribution >= 0.6 is 0 Å². The predicted octanol–water partition coefficient (Wildman–Crippen LogP) is 1.99. The summed E-state index contributed by atoms with van der Waals surface area (Å²) in [5.74, 6) is -1.20. The van der Waals surface area contributed by atoms with Gasteiger partial charge in [-0.2, -0.15) is 0 Å². The van der Waals surface area contributed by atoms with Gasteiger partial charge in [0.25, 0.3) is 5.91 Å². The lowest BCUT2D eigenvalue weighted by Crippen LogP contribution is -2.49. The number of halogens is 1. The third-order valence-corrected chi connectivity index (χ3v) is 3.82. The van der Waals surface area contributed by atoms with Gasteiger partial charge >= 0.3 is 0 Å². The van der Waals surface area contributed by atoms with Crippen molar-refractivity contribution in [3.05, 3.63) is 35.6 Å². The lowest BCUT2D eigenvalue weighted by atomic mass is 9.83. The summed E-state index contributed by atoms with van der Waals surface area (Å²) in [7, 11) is 0. The van der Waals surface area contributed by atoms with Crippen molar-refractivity contribution in [1.82, 2.24) is 5.32 Å². The first kappa shape index (κ1) is 14.5. The largest absolute Gasteiger partial charge is 0.368 e. The van der Waals surface area contributed by atoms with Gasteiger partial charge in [0, 0.05) is 5.56 Å². The number of primary amides is 1. The normalized spacial score (nSPS) is 17.4. The van der Waals surface area contributed by atoms with Gasteiger partial charge in [-0.25, -0.2) is 4.39 Å². The van der Waals surface area contributed by atoms with E-state index >= 15 is 0 Å².